The number of nitrogens with zero attached hydrogens (tertiary/aromatic N) is 2. The molecule has 1 aliphatic heterocycles. The first kappa shape index (κ1) is 21.2. The van der Waals surface area contributed by atoms with Gasteiger partial charge in [0.25, 0.3) is 5.56 Å². The molecule has 0 aliphatic carbocycles. The Kier molecular flexibility index (Phi) is 5.96. The predicted molar refractivity (Wildman–Crippen MR) is 125 cm³/mol. The number of nitrogens with one attached hydrogen (secondary N) is 1. The van der Waals surface area contributed by atoms with E-state index < -0.39 is 11.5 Å². The van der Waals surface area contributed by atoms with E-state index in [1.165, 1.54) is 22.8 Å². The summed E-state index contributed by atoms with van der Waals surface area (Å²) in [5, 5.41) is 19.8. The highest BCUT2D eigenvalue weighted by atomic mass is 32.1. The first-order valence-corrected chi connectivity index (χ1v) is 10.3. The maximum atomic E-state index is 12.5. The van der Waals surface area contributed by atoms with Crippen molar-refractivity contribution in [3.8, 4) is 5.88 Å². The van der Waals surface area contributed by atoms with E-state index in [0.29, 0.717) is 24.4 Å². The van der Waals surface area contributed by atoms with Crippen molar-refractivity contribution in [2.75, 3.05) is 0 Å². The lowest BCUT2D eigenvalue weighted by molar-refractivity contribution is 0.0697. The lowest BCUT2D eigenvalue weighted by atomic mass is 10.1. The molecule has 0 fully saturated rings. The summed E-state index contributed by atoms with van der Waals surface area (Å²) in [5.74, 6) is -1.22. The van der Waals surface area contributed by atoms with Crippen LogP contribution in [0.3, 0.4) is 0 Å². The van der Waals surface area contributed by atoms with Crippen molar-refractivity contribution in [1.29, 1.82) is 0 Å². The van der Waals surface area contributed by atoms with Gasteiger partial charge in [0.15, 0.2) is 4.77 Å². The van der Waals surface area contributed by atoms with Crippen LogP contribution in [0.1, 0.15) is 27.0 Å². The summed E-state index contributed by atoms with van der Waals surface area (Å²) in [4.78, 5) is 30.6. The Balaban J connectivity index is 1.62. The van der Waals surface area contributed by atoms with Gasteiger partial charge in [0.05, 0.1) is 17.0 Å². The Labute approximate surface area is 188 Å². The fraction of sp³-hybridized carbons (Fsp3) is 0.0833. The molecule has 2 aromatic carbocycles. The standard InChI is InChI=1S/C24H19N3O4S/c28-21-19(22(29)27(24(32)26-21)13-12-15-4-2-1-3-5-15)14-18-10-11-20(25-18)16-6-8-17(9-7-16)23(30)31/h1-11,14,29H,12-13H2,(H,30,31)(H,26,28,32). The molecule has 8 heteroatoms. The number of H-pyrrole nitrogens is 1. The molecule has 7 nitrogen and oxygen atoms in total. The molecule has 0 saturated carbocycles. The Morgan fingerprint density at radius 1 is 1.09 bits per heavy atom. The zero-order chi connectivity index (χ0) is 22.7. The third-order valence-electron chi connectivity index (χ3n) is 5.06. The van der Waals surface area contributed by atoms with Crippen LogP contribution in [0.5, 0.6) is 5.88 Å². The second-order valence-electron chi connectivity index (χ2n) is 7.17. The number of carboxylic acids is 1. The van der Waals surface area contributed by atoms with E-state index in [1.807, 2.05) is 30.3 Å². The van der Waals surface area contributed by atoms with Gasteiger partial charge in [-0.25, -0.2) is 9.79 Å². The first-order valence-electron chi connectivity index (χ1n) is 9.84. The third kappa shape index (κ3) is 4.50. The quantitative estimate of drug-likeness (QED) is 0.498. The molecule has 0 atom stereocenters. The Hall–Kier alpha value is -4.04. The number of carboxylic acid groups (broad SMARTS) is 1. The summed E-state index contributed by atoms with van der Waals surface area (Å²) in [7, 11) is 0. The fourth-order valence-corrected chi connectivity index (χ4v) is 3.62. The van der Waals surface area contributed by atoms with E-state index in [1.54, 1.807) is 24.3 Å². The van der Waals surface area contributed by atoms with Gasteiger partial charge in [0, 0.05) is 12.1 Å². The number of aromatic hydroxyl groups is 1. The maximum absolute atomic E-state index is 12.5. The van der Waals surface area contributed by atoms with Gasteiger partial charge in [-0.2, -0.15) is 0 Å². The first-order chi connectivity index (χ1) is 15.4. The molecule has 32 heavy (non-hydrogen) atoms. The molecule has 0 radical (unpaired) electrons. The van der Waals surface area contributed by atoms with Gasteiger partial charge in [0.1, 0.15) is 5.56 Å². The van der Waals surface area contributed by atoms with E-state index in [-0.39, 0.29) is 21.8 Å². The van der Waals surface area contributed by atoms with Crippen LogP contribution in [0, 0.1) is 4.77 Å². The van der Waals surface area contributed by atoms with Crippen molar-refractivity contribution in [3.63, 3.8) is 0 Å². The highest BCUT2D eigenvalue weighted by Crippen LogP contribution is 2.22. The van der Waals surface area contributed by atoms with E-state index >= 15 is 0 Å². The lowest BCUT2D eigenvalue weighted by Gasteiger charge is -2.11. The number of aromatic carboxylic acids is 1. The second kappa shape index (κ2) is 8.99. The zero-order valence-corrected chi connectivity index (χ0v) is 17.7. The summed E-state index contributed by atoms with van der Waals surface area (Å²) in [6.07, 6.45) is 5.61. The smallest absolute Gasteiger partial charge is 0.335 e. The number of aromatic nitrogens is 2. The molecule has 1 aromatic heterocycles. The van der Waals surface area contributed by atoms with E-state index in [0.717, 1.165) is 11.1 Å². The largest absolute Gasteiger partial charge is 0.494 e. The number of aliphatic imine (C=N–C) groups is 1. The summed E-state index contributed by atoms with van der Waals surface area (Å²) in [5.41, 5.74) is 2.69. The van der Waals surface area contributed by atoms with Gasteiger partial charge in [-0.15, -0.1) is 0 Å². The van der Waals surface area contributed by atoms with Crippen LogP contribution in [-0.4, -0.2) is 31.4 Å². The van der Waals surface area contributed by atoms with Crippen LogP contribution in [0.25, 0.3) is 6.08 Å². The molecule has 0 saturated heterocycles. The second-order valence-corrected chi connectivity index (χ2v) is 7.55. The topological polar surface area (TPSA) is 108 Å². The molecule has 3 N–H and O–H groups in total. The van der Waals surface area contributed by atoms with Crippen LogP contribution in [0.15, 0.2) is 82.2 Å². The van der Waals surface area contributed by atoms with Crippen molar-refractivity contribution in [3.05, 3.63) is 110 Å². The molecule has 3 aromatic rings. The highest BCUT2D eigenvalue weighted by molar-refractivity contribution is 7.71. The minimum absolute atomic E-state index is 0.0672. The van der Waals surface area contributed by atoms with Crippen molar-refractivity contribution < 1.29 is 15.0 Å². The number of carbonyl (C=O) groups is 1. The normalized spacial score (nSPS) is 14.0. The summed E-state index contributed by atoms with van der Waals surface area (Å²) >= 11 is 5.24. The Bertz CT molecular complexity index is 1380. The molecule has 160 valence electrons. The van der Waals surface area contributed by atoms with Crippen LogP contribution >= 0.6 is 12.2 Å². The molecular formula is C24H19N3O4S. The lowest BCUT2D eigenvalue weighted by Crippen LogP contribution is -2.17. The molecule has 0 unspecified atom stereocenters. The average molecular weight is 446 g/mol. The predicted octanol–water partition coefficient (Wildman–Crippen LogP) is 3.95. The number of aryl methyl sites for hydroxylation is 1. The average Bonchev–Trinajstić information content (AvgIpc) is 3.26. The minimum atomic E-state index is -0.999. The van der Waals surface area contributed by atoms with Crippen LogP contribution in [-0.2, 0) is 13.0 Å². The number of benzene rings is 2. The molecule has 0 spiro atoms. The third-order valence-corrected chi connectivity index (χ3v) is 5.38. The molecular weight excluding hydrogens is 426 g/mol. The molecule has 4 rings (SSSR count). The number of hydrogen-bond donors (Lipinski definition) is 3. The summed E-state index contributed by atoms with van der Waals surface area (Å²) in [6, 6.07) is 16.1. The molecule has 2 heterocycles. The highest BCUT2D eigenvalue weighted by Gasteiger charge is 2.14. The molecule has 0 bridgehead atoms. The minimum Gasteiger partial charge on any atom is -0.494 e. The van der Waals surface area contributed by atoms with Gasteiger partial charge in [0.2, 0.25) is 5.88 Å². The van der Waals surface area contributed by atoms with Crippen LogP contribution < -0.4 is 5.56 Å². The van der Waals surface area contributed by atoms with Gasteiger partial charge >= 0.3 is 5.97 Å². The van der Waals surface area contributed by atoms with Gasteiger partial charge < -0.3 is 10.2 Å². The van der Waals surface area contributed by atoms with Gasteiger partial charge in [-0.05, 0) is 54.6 Å². The zero-order valence-electron chi connectivity index (χ0n) is 16.9. The van der Waals surface area contributed by atoms with Crippen LogP contribution in [0.4, 0.5) is 0 Å². The Morgan fingerprint density at radius 3 is 2.50 bits per heavy atom. The van der Waals surface area contributed by atoms with E-state index in [9.17, 15) is 14.7 Å². The summed E-state index contributed by atoms with van der Waals surface area (Å²) in [6.45, 7) is 0.405. The van der Waals surface area contributed by atoms with Crippen molar-refractivity contribution in [1.82, 2.24) is 9.55 Å². The SMILES string of the molecule is O=C(O)c1ccc(C2=NC(=Cc3c(O)n(CCc4ccccc4)c(=S)[nH]c3=O)C=C2)cc1. The number of aromatic amines is 1. The van der Waals surface area contributed by atoms with Gasteiger partial charge in [-0.3, -0.25) is 14.3 Å². The number of allylic oxidation sites excluding steroid dienone is 2. The van der Waals surface area contributed by atoms with Crippen LogP contribution in [0.2, 0.25) is 0 Å². The Morgan fingerprint density at radius 2 is 1.81 bits per heavy atom. The molecule has 0 amide bonds. The van der Waals surface area contributed by atoms with Crippen molar-refractivity contribution >= 4 is 30.0 Å². The maximum Gasteiger partial charge on any atom is 0.335 e. The van der Waals surface area contributed by atoms with Crippen molar-refractivity contribution in [2.45, 2.75) is 13.0 Å². The van der Waals surface area contributed by atoms with Crippen molar-refractivity contribution in [2.24, 2.45) is 4.99 Å². The fourth-order valence-electron chi connectivity index (χ4n) is 3.35. The monoisotopic (exact) mass is 445 g/mol. The number of hydrogen-bond acceptors (Lipinski definition) is 5. The van der Waals surface area contributed by atoms with Gasteiger partial charge in [-0.1, -0.05) is 42.5 Å². The molecule has 1 aliphatic rings. The summed E-state index contributed by atoms with van der Waals surface area (Å²) < 4.78 is 1.64. The van der Waals surface area contributed by atoms with E-state index in [4.69, 9.17) is 17.3 Å². The number of rotatable bonds is 6. The van der Waals surface area contributed by atoms with E-state index in [2.05, 4.69) is 9.98 Å².